The van der Waals surface area contributed by atoms with Gasteiger partial charge in [-0.3, -0.25) is 4.79 Å². The average molecular weight is 325 g/mol. The number of nitrogens with zero attached hydrogens (tertiary/aromatic N) is 1. The Bertz CT molecular complexity index is 653. The number of allylic oxidation sites excluding steroid dienone is 2. The highest BCUT2D eigenvalue weighted by atomic mass is 32.2. The SMILES string of the molecule is O=C1C2C3C=CC(C3)C2C2(CO2)N1OS(=O)(=O)C(F)(F)F. The molecule has 2 bridgehead atoms. The Morgan fingerprint density at radius 2 is 1.95 bits per heavy atom. The van der Waals surface area contributed by atoms with Crippen LogP contribution in [0.2, 0.25) is 0 Å². The standard InChI is InChI=1S/C11H10F3NO5S/c12-11(13,14)21(17,18)20-15-9(16)7-5-1-2-6(3-5)8(7)10(15)4-19-10/h1-2,5-8H,3-4H2. The molecule has 0 aromatic rings. The second-order valence-corrected chi connectivity index (χ2v) is 7.26. The molecule has 10 heteroatoms. The molecule has 1 spiro atoms. The molecule has 2 aliphatic heterocycles. The fraction of sp³-hybridized carbons (Fsp3) is 0.727. The van der Waals surface area contributed by atoms with Crippen molar-refractivity contribution in [3.05, 3.63) is 12.2 Å². The molecule has 2 saturated heterocycles. The summed E-state index contributed by atoms with van der Waals surface area (Å²) in [6, 6.07) is 0. The zero-order valence-corrected chi connectivity index (χ0v) is 11.2. The van der Waals surface area contributed by atoms with Crippen molar-refractivity contribution in [2.24, 2.45) is 23.7 Å². The molecular weight excluding hydrogens is 315 g/mol. The number of alkyl halides is 3. The number of rotatable bonds is 2. The molecule has 3 fully saturated rings. The van der Waals surface area contributed by atoms with Crippen molar-refractivity contribution >= 4 is 16.0 Å². The van der Waals surface area contributed by atoms with Gasteiger partial charge in [-0.2, -0.15) is 26.7 Å². The summed E-state index contributed by atoms with van der Waals surface area (Å²) in [5, 5.41) is 0.303. The first-order valence-corrected chi connectivity index (χ1v) is 7.75. The quantitative estimate of drug-likeness (QED) is 0.426. The average Bonchev–Trinajstić information content (AvgIpc) is 2.79. The van der Waals surface area contributed by atoms with E-state index < -0.39 is 33.2 Å². The largest absolute Gasteiger partial charge is 0.525 e. The van der Waals surface area contributed by atoms with E-state index in [0.29, 0.717) is 5.06 Å². The van der Waals surface area contributed by atoms with Gasteiger partial charge in [0, 0.05) is 5.92 Å². The van der Waals surface area contributed by atoms with Crippen molar-refractivity contribution in [3.63, 3.8) is 0 Å². The summed E-state index contributed by atoms with van der Waals surface area (Å²) in [5.41, 5.74) is -6.94. The van der Waals surface area contributed by atoms with Crippen LogP contribution in [-0.2, 0) is 23.9 Å². The summed E-state index contributed by atoms with van der Waals surface area (Å²) in [5.74, 6) is -1.74. The highest BCUT2D eigenvalue weighted by Crippen LogP contribution is 2.63. The maximum absolute atomic E-state index is 12.4. The summed E-state index contributed by atoms with van der Waals surface area (Å²) in [4.78, 5) is 12.3. The van der Waals surface area contributed by atoms with Crippen LogP contribution in [0.3, 0.4) is 0 Å². The highest BCUT2D eigenvalue weighted by Gasteiger charge is 2.75. The smallest absolute Gasteiger partial charge is 0.345 e. The third-order valence-corrected chi connectivity index (χ3v) is 5.62. The third-order valence-electron chi connectivity index (χ3n) is 4.71. The van der Waals surface area contributed by atoms with Crippen molar-refractivity contribution in [1.29, 1.82) is 0 Å². The first kappa shape index (κ1) is 13.5. The molecule has 4 rings (SSSR count). The van der Waals surface area contributed by atoms with Crippen LogP contribution in [0.1, 0.15) is 6.42 Å². The van der Waals surface area contributed by atoms with E-state index >= 15 is 0 Å². The molecule has 5 unspecified atom stereocenters. The first-order valence-electron chi connectivity index (χ1n) is 6.35. The third kappa shape index (κ3) is 1.55. The Morgan fingerprint density at radius 3 is 2.52 bits per heavy atom. The second kappa shape index (κ2) is 3.61. The lowest BCUT2D eigenvalue weighted by Crippen LogP contribution is -2.44. The Labute approximate surface area is 117 Å². The summed E-state index contributed by atoms with van der Waals surface area (Å²) >= 11 is 0. The fourth-order valence-electron chi connectivity index (χ4n) is 3.86. The van der Waals surface area contributed by atoms with E-state index in [-0.39, 0.29) is 24.4 Å². The predicted molar refractivity (Wildman–Crippen MR) is 59.3 cm³/mol. The van der Waals surface area contributed by atoms with Crippen molar-refractivity contribution < 1.29 is 35.4 Å². The van der Waals surface area contributed by atoms with Crippen LogP contribution in [-0.4, -0.2) is 37.2 Å². The van der Waals surface area contributed by atoms with Gasteiger partial charge in [0.1, 0.15) is 6.61 Å². The van der Waals surface area contributed by atoms with Crippen LogP contribution in [0.5, 0.6) is 0 Å². The van der Waals surface area contributed by atoms with E-state index in [2.05, 4.69) is 4.28 Å². The number of ether oxygens (including phenoxy) is 1. The lowest BCUT2D eigenvalue weighted by Gasteiger charge is -2.25. The van der Waals surface area contributed by atoms with Gasteiger partial charge in [-0.15, -0.1) is 4.28 Å². The van der Waals surface area contributed by atoms with Crippen LogP contribution < -0.4 is 0 Å². The van der Waals surface area contributed by atoms with Crippen LogP contribution in [0.4, 0.5) is 13.2 Å². The van der Waals surface area contributed by atoms with E-state index in [1.165, 1.54) is 0 Å². The van der Waals surface area contributed by atoms with Crippen LogP contribution in [0, 0.1) is 23.7 Å². The molecule has 0 radical (unpaired) electrons. The zero-order valence-electron chi connectivity index (χ0n) is 10.4. The number of epoxide rings is 1. The molecule has 116 valence electrons. The van der Waals surface area contributed by atoms with E-state index in [0.717, 1.165) is 6.42 Å². The van der Waals surface area contributed by atoms with Gasteiger partial charge in [0.15, 0.2) is 5.72 Å². The van der Waals surface area contributed by atoms with Gasteiger partial charge in [-0.05, 0) is 18.3 Å². The van der Waals surface area contributed by atoms with Gasteiger partial charge in [0.2, 0.25) is 0 Å². The summed E-state index contributed by atoms with van der Waals surface area (Å²) in [6.07, 6.45) is 4.50. The fourth-order valence-corrected chi connectivity index (χ4v) is 4.34. The molecule has 0 N–H and O–H groups in total. The second-order valence-electron chi connectivity index (χ2n) is 5.74. The molecular formula is C11H10F3NO5S. The molecule has 0 aromatic heterocycles. The van der Waals surface area contributed by atoms with Crippen LogP contribution >= 0.6 is 0 Å². The summed E-state index contributed by atoms with van der Waals surface area (Å²) < 4.78 is 68.9. The number of amides is 1. The van der Waals surface area contributed by atoms with Gasteiger partial charge >= 0.3 is 15.6 Å². The minimum Gasteiger partial charge on any atom is -0.345 e. The maximum atomic E-state index is 12.4. The van der Waals surface area contributed by atoms with Crippen molar-refractivity contribution in [2.75, 3.05) is 6.61 Å². The number of hydroxylamine groups is 2. The molecule has 0 aromatic carbocycles. The monoisotopic (exact) mass is 325 g/mol. The molecule has 4 aliphatic rings. The predicted octanol–water partition coefficient (Wildman–Crippen LogP) is 0.775. The van der Waals surface area contributed by atoms with Gasteiger partial charge in [-0.1, -0.05) is 12.2 Å². The molecule has 6 nitrogen and oxygen atoms in total. The molecule has 5 atom stereocenters. The molecule has 2 heterocycles. The van der Waals surface area contributed by atoms with E-state index in [4.69, 9.17) is 4.74 Å². The maximum Gasteiger partial charge on any atom is 0.525 e. The minimum atomic E-state index is -5.89. The Morgan fingerprint density at radius 1 is 1.33 bits per heavy atom. The van der Waals surface area contributed by atoms with E-state index in [1.807, 2.05) is 12.2 Å². The minimum absolute atomic E-state index is 0.00800. The summed E-state index contributed by atoms with van der Waals surface area (Å²) in [6.45, 7) is -0.00958. The first-order chi connectivity index (χ1) is 9.67. The number of halogens is 3. The lowest BCUT2D eigenvalue weighted by molar-refractivity contribution is -0.176. The Balaban J connectivity index is 1.68. The van der Waals surface area contributed by atoms with Gasteiger partial charge in [0.25, 0.3) is 5.91 Å². The van der Waals surface area contributed by atoms with Crippen LogP contribution in [0.25, 0.3) is 0 Å². The van der Waals surface area contributed by atoms with Crippen molar-refractivity contribution in [1.82, 2.24) is 5.06 Å². The number of fused-ring (bicyclic) bond motifs is 6. The van der Waals surface area contributed by atoms with Gasteiger partial charge < -0.3 is 4.74 Å². The Kier molecular flexibility index (Phi) is 2.32. The Hall–Kier alpha value is -1.13. The van der Waals surface area contributed by atoms with Crippen LogP contribution in [0.15, 0.2) is 12.2 Å². The molecule has 1 saturated carbocycles. The van der Waals surface area contributed by atoms with Gasteiger partial charge in [0.05, 0.1) is 5.92 Å². The topological polar surface area (TPSA) is 76.2 Å². The number of carbonyl (C=O) groups excluding carboxylic acids is 1. The molecule has 21 heavy (non-hydrogen) atoms. The highest BCUT2D eigenvalue weighted by molar-refractivity contribution is 7.87. The summed E-state index contributed by atoms with van der Waals surface area (Å²) in [7, 11) is -5.89. The van der Waals surface area contributed by atoms with E-state index in [9.17, 15) is 26.4 Å². The normalized spacial score (nSPS) is 44.0. The number of hydrogen-bond donors (Lipinski definition) is 0. The van der Waals surface area contributed by atoms with E-state index in [1.54, 1.807) is 0 Å². The van der Waals surface area contributed by atoms with Gasteiger partial charge in [-0.25, -0.2) is 0 Å². The van der Waals surface area contributed by atoms with Crippen molar-refractivity contribution in [2.45, 2.75) is 17.7 Å². The lowest BCUT2D eigenvalue weighted by atomic mass is 9.82. The van der Waals surface area contributed by atoms with Crippen molar-refractivity contribution in [3.8, 4) is 0 Å². The zero-order chi connectivity index (χ0) is 15.2. The molecule has 2 aliphatic carbocycles. The number of carbonyl (C=O) groups is 1. The number of hydrogen-bond acceptors (Lipinski definition) is 5. The molecule has 1 amide bonds.